The van der Waals surface area contributed by atoms with Crippen LogP contribution in [0.4, 0.5) is 43.7 Å². The lowest BCUT2D eigenvalue weighted by Gasteiger charge is -2.11. The van der Waals surface area contributed by atoms with Crippen LogP contribution in [0, 0.1) is 0 Å². The molecular weight excluding hydrogens is 404 g/mol. The fraction of sp³-hybridized carbons (Fsp3) is 0. The van der Waals surface area contributed by atoms with Crippen LogP contribution >= 0.6 is 0 Å². The minimum absolute atomic E-state index is 0.164. The minimum atomic E-state index is -0.845. The third kappa shape index (κ3) is 6.50. The molecule has 10 N–H and O–H groups in total. The van der Waals surface area contributed by atoms with E-state index in [0.29, 0.717) is 28.4 Å². The molecule has 0 aliphatic rings. The SMILES string of the molecule is O=C(Nc1cccc(NC(=O)Nc2cccc([NH+](O)O)c2)c1)Nc1cccc([NH2+]O)c1. The lowest BCUT2D eigenvalue weighted by molar-refractivity contribution is -1.19. The van der Waals surface area contributed by atoms with Crippen molar-refractivity contribution < 1.29 is 35.9 Å². The topological polar surface area (TPSA) is 164 Å². The number of amides is 4. The van der Waals surface area contributed by atoms with Gasteiger partial charge in [-0.2, -0.15) is 15.9 Å². The molecule has 3 rings (SSSR count). The first-order valence-corrected chi connectivity index (χ1v) is 9.12. The van der Waals surface area contributed by atoms with Crippen molar-refractivity contribution in [3.05, 3.63) is 72.8 Å². The van der Waals surface area contributed by atoms with Crippen molar-refractivity contribution in [2.45, 2.75) is 0 Å². The zero-order chi connectivity index (χ0) is 22.2. The van der Waals surface area contributed by atoms with Crippen LogP contribution in [0.5, 0.6) is 0 Å². The monoisotopic (exact) mass is 426 g/mol. The molecule has 0 fully saturated rings. The maximum Gasteiger partial charge on any atom is 0.323 e. The van der Waals surface area contributed by atoms with Gasteiger partial charge >= 0.3 is 12.1 Å². The molecule has 0 bridgehead atoms. The lowest BCUT2D eigenvalue weighted by Crippen LogP contribution is -3.01. The highest BCUT2D eigenvalue weighted by molar-refractivity contribution is 6.02. The van der Waals surface area contributed by atoms with E-state index in [4.69, 9.17) is 15.6 Å². The number of quaternary nitrogens is 2. The van der Waals surface area contributed by atoms with Crippen molar-refractivity contribution in [3.8, 4) is 0 Å². The molecule has 3 aromatic carbocycles. The van der Waals surface area contributed by atoms with Gasteiger partial charge in [0, 0.05) is 47.0 Å². The molecule has 0 aromatic heterocycles. The van der Waals surface area contributed by atoms with E-state index >= 15 is 0 Å². The summed E-state index contributed by atoms with van der Waals surface area (Å²) in [5.41, 5.74) is 3.39. The van der Waals surface area contributed by atoms with Crippen LogP contribution < -0.4 is 32.0 Å². The van der Waals surface area contributed by atoms with E-state index in [2.05, 4.69) is 21.3 Å². The maximum atomic E-state index is 12.2. The van der Waals surface area contributed by atoms with Gasteiger partial charge < -0.3 is 21.3 Å². The molecule has 0 radical (unpaired) electrons. The van der Waals surface area contributed by atoms with Gasteiger partial charge in [0.15, 0.2) is 11.4 Å². The zero-order valence-electron chi connectivity index (χ0n) is 16.2. The standard InChI is InChI=1S/C20H20N6O5/c27-19(23-15-6-2-8-17(11-15)25-29)21-13-4-1-5-14(10-13)22-20(28)24-16-7-3-9-18(12-16)26(30)31/h1-12,25,29-31H,(H2,21,23,27)(H2,22,24,28)/p+2. The molecule has 4 amide bonds. The number of rotatable bonds is 6. The molecule has 11 nitrogen and oxygen atoms in total. The second kappa shape index (κ2) is 10.2. The summed E-state index contributed by atoms with van der Waals surface area (Å²) in [6, 6.07) is 18.2. The van der Waals surface area contributed by atoms with Gasteiger partial charge in [-0.15, -0.1) is 0 Å². The molecule has 3 aromatic rings. The third-order valence-electron chi connectivity index (χ3n) is 4.05. The third-order valence-corrected chi connectivity index (χ3v) is 4.05. The highest BCUT2D eigenvalue weighted by Crippen LogP contribution is 2.17. The Kier molecular flexibility index (Phi) is 7.11. The summed E-state index contributed by atoms with van der Waals surface area (Å²) in [5, 5.41) is 37.0. The van der Waals surface area contributed by atoms with Gasteiger partial charge in [-0.25, -0.2) is 14.8 Å². The van der Waals surface area contributed by atoms with Crippen LogP contribution in [0.15, 0.2) is 72.8 Å². The number of urea groups is 2. The second-order valence-corrected chi connectivity index (χ2v) is 6.40. The summed E-state index contributed by atoms with van der Waals surface area (Å²) in [6.45, 7) is 0. The average molecular weight is 426 g/mol. The summed E-state index contributed by atoms with van der Waals surface area (Å²) in [6.07, 6.45) is 0. The largest absolute Gasteiger partial charge is 0.323 e. The predicted molar refractivity (Wildman–Crippen MR) is 112 cm³/mol. The molecule has 0 spiro atoms. The van der Waals surface area contributed by atoms with Crippen molar-refractivity contribution in [1.82, 2.24) is 0 Å². The Bertz CT molecular complexity index is 1080. The number of carbonyl (C=O) groups is 2. The lowest BCUT2D eigenvalue weighted by atomic mass is 10.2. The fourth-order valence-electron chi connectivity index (χ4n) is 2.69. The van der Waals surface area contributed by atoms with E-state index in [9.17, 15) is 9.59 Å². The quantitative estimate of drug-likeness (QED) is 0.217. The van der Waals surface area contributed by atoms with Gasteiger partial charge in [-0.1, -0.05) is 18.2 Å². The molecule has 0 aliphatic heterocycles. The normalized spacial score (nSPS) is 10.5. The van der Waals surface area contributed by atoms with Gasteiger partial charge in [-0.05, 0) is 35.6 Å². The summed E-state index contributed by atoms with van der Waals surface area (Å²) in [7, 11) is 0. The number of hydrogen-bond donors (Lipinski definition) is 9. The van der Waals surface area contributed by atoms with E-state index in [1.54, 1.807) is 60.7 Å². The Hall–Kier alpha value is -4.00. The molecule has 160 valence electrons. The van der Waals surface area contributed by atoms with Gasteiger partial charge in [0.2, 0.25) is 0 Å². The Morgan fingerprint density at radius 3 is 1.65 bits per heavy atom. The molecule has 11 heteroatoms. The highest BCUT2D eigenvalue weighted by atomic mass is 16.8. The number of hydrogen-bond acceptors (Lipinski definition) is 5. The van der Waals surface area contributed by atoms with E-state index < -0.39 is 17.3 Å². The van der Waals surface area contributed by atoms with Gasteiger partial charge in [0.05, 0.1) is 0 Å². The van der Waals surface area contributed by atoms with Gasteiger partial charge in [0.25, 0.3) is 0 Å². The molecular formula is C20H22N6O5+2. The van der Waals surface area contributed by atoms with E-state index in [1.165, 1.54) is 12.1 Å². The second-order valence-electron chi connectivity index (χ2n) is 6.40. The molecule has 0 atom stereocenters. The molecule has 31 heavy (non-hydrogen) atoms. The molecule has 0 saturated carbocycles. The summed E-state index contributed by atoms with van der Waals surface area (Å²) >= 11 is 0. The van der Waals surface area contributed by atoms with Crippen molar-refractivity contribution in [2.75, 3.05) is 21.3 Å². The Morgan fingerprint density at radius 1 is 0.677 bits per heavy atom. The number of benzene rings is 3. The van der Waals surface area contributed by atoms with Gasteiger partial charge in [-0.3, -0.25) is 0 Å². The van der Waals surface area contributed by atoms with Crippen LogP contribution in [-0.4, -0.2) is 27.7 Å². The van der Waals surface area contributed by atoms with Crippen molar-refractivity contribution in [2.24, 2.45) is 0 Å². The zero-order valence-corrected chi connectivity index (χ0v) is 16.2. The average Bonchev–Trinajstić information content (AvgIpc) is 2.74. The van der Waals surface area contributed by atoms with E-state index in [-0.39, 0.29) is 5.69 Å². The number of nitrogens with two attached hydrogens (primary N) is 1. The van der Waals surface area contributed by atoms with Crippen LogP contribution in [0.1, 0.15) is 0 Å². The van der Waals surface area contributed by atoms with Crippen LogP contribution in [0.3, 0.4) is 0 Å². The first-order valence-electron chi connectivity index (χ1n) is 9.12. The summed E-state index contributed by atoms with van der Waals surface area (Å²) in [4.78, 5) is 24.4. The molecule has 0 heterocycles. The Morgan fingerprint density at radius 2 is 1.13 bits per heavy atom. The number of nitrogens with one attached hydrogen (secondary N) is 5. The van der Waals surface area contributed by atoms with E-state index in [1.807, 2.05) is 0 Å². The van der Waals surface area contributed by atoms with Crippen LogP contribution in [0.2, 0.25) is 0 Å². The maximum absolute atomic E-state index is 12.2. The predicted octanol–water partition coefficient (Wildman–Crippen LogP) is 1.85. The number of carbonyl (C=O) groups excluding carboxylic acids is 2. The van der Waals surface area contributed by atoms with Gasteiger partial charge in [0.1, 0.15) is 0 Å². The summed E-state index contributed by atoms with van der Waals surface area (Å²) < 4.78 is 0. The summed E-state index contributed by atoms with van der Waals surface area (Å²) in [5.74, 6) is 0. The van der Waals surface area contributed by atoms with Crippen LogP contribution in [-0.2, 0) is 0 Å². The first-order chi connectivity index (χ1) is 14.9. The number of anilines is 4. The molecule has 0 aliphatic carbocycles. The van der Waals surface area contributed by atoms with Crippen LogP contribution in [0.25, 0.3) is 0 Å². The smallest absolute Gasteiger partial charge is 0.308 e. The van der Waals surface area contributed by atoms with E-state index in [0.717, 1.165) is 5.48 Å². The van der Waals surface area contributed by atoms with Crippen molar-refractivity contribution >= 4 is 46.2 Å². The Labute approximate surface area is 176 Å². The minimum Gasteiger partial charge on any atom is -0.308 e. The molecule has 0 unspecified atom stereocenters. The first kappa shape index (κ1) is 21.7. The Balaban J connectivity index is 1.58. The highest BCUT2D eigenvalue weighted by Gasteiger charge is 2.10. The molecule has 0 saturated heterocycles. The van der Waals surface area contributed by atoms with Crippen molar-refractivity contribution in [3.63, 3.8) is 0 Å². The van der Waals surface area contributed by atoms with Crippen molar-refractivity contribution in [1.29, 1.82) is 0 Å². The fourth-order valence-corrected chi connectivity index (χ4v) is 2.69.